The van der Waals surface area contributed by atoms with Gasteiger partial charge in [0, 0.05) is 6.32 Å². The standard InChI is InChI=1S/C8H15BO2/c10-9(11)7-6-8-4-2-1-3-5-8/h6,10-11H,1-5,7H2. The third kappa shape index (κ3) is 3.58. The molecule has 0 unspecified atom stereocenters. The minimum atomic E-state index is -1.16. The molecule has 0 atom stereocenters. The van der Waals surface area contributed by atoms with Crippen molar-refractivity contribution in [1.29, 1.82) is 0 Å². The highest BCUT2D eigenvalue weighted by atomic mass is 16.4. The molecular formula is C8H15BO2. The SMILES string of the molecule is OB(O)CC=C1CCCCC1. The molecule has 1 fully saturated rings. The maximum absolute atomic E-state index is 8.59. The Morgan fingerprint density at radius 1 is 1.18 bits per heavy atom. The van der Waals surface area contributed by atoms with E-state index in [0.717, 1.165) is 12.8 Å². The molecule has 0 aliphatic heterocycles. The van der Waals surface area contributed by atoms with Crippen molar-refractivity contribution in [2.75, 3.05) is 0 Å². The Kier molecular flexibility index (Phi) is 3.67. The van der Waals surface area contributed by atoms with Gasteiger partial charge in [-0.05, 0) is 25.7 Å². The van der Waals surface area contributed by atoms with E-state index in [4.69, 9.17) is 10.0 Å². The average molecular weight is 154 g/mol. The first kappa shape index (κ1) is 8.82. The third-order valence-corrected chi connectivity index (χ3v) is 2.11. The van der Waals surface area contributed by atoms with E-state index in [1.165, 1.54) is 24.8 Å². The molecule has 0 aromatic heterocycles. The van der Waals surface area contributed by atoms with Gasteiger partial charge in [-0.2, -0.15) is 0 Å². The first-order valence-corrected chi connectivity index (χ1v) is 4.33. The maximum atomic E-state index is 8.59. The minimum Gasteiger partial charge on any atom is -0.427 e. The molecule has 0 saturated heterocycles. The number of allylic oxidation sites excluding steroid dienone is 2. The lowest BCUT2D eigenvalue weighted by Crippen LogP contribution is -2.08. The highest BCUT2D eigenvalue weighted by molar-refractivity contribution is 6.41. The Morgan fingerprint density at radius 3 is 2.36 bits per heavy atom. The van der Waals surface area contributed by atoms with Crippen molar-refractivity contribution >= 4 is 7.12 Å². The molecule has 2 nitrogen and oxygen atoms in total. The van der Waals surface area contributed by atoms with Crippen molar-refractivity contribution in [3.8, 4) is 0 Å². The molecule has 2 N–H and O–H groups in total. The topological polar surface area (TPSA) is 40.5 Å². The Bertz CT molecular complexity index is 135. The van der Waals surface area contributed by atoms with Gasteiger partial charge < -0.3 is 10.0 Å². The van der Waals surface area contributed by atoms with Gasteiger partial charge in [0.1, 0.15) is 0 Å². The summed E-state index contributed by atoms with van der Waals surface area (Å²) in [4.78, 5) is 0. The van der Waals surface area contributed by atoms with E-state index in [1.54, 1.807) is 0 Å². The van der Waals surface area contributed by atoms with Gasteiger partial charge in [-0.3, -0.25) is 0 Å². The fraction of sp³-hybridized carbons (Fsp3) is 0.750. The fourth-order valence-electron chi connectivity index (χ4n) is 1.48. The Morgan fingerprint density at radius 2 is 1.82 bits per heavy atom. The summed E-state index contributed by atoms with van der Waals surface area (Å²) >= 11 is 0. The smallest absolute Gasteiger partial charge is 0.427 e. The van der Waals surface area contributed by atoms with Crippen LogP contribution in [-0.4, -0.2) is 17.2 Å². The van der Waals surface area contributed by atoms with Gasteiger partial charge in [0.2, 0.25) is 0 Å². The summed E-state index contributed by atoms with van der Waals surface area (Å²) in [5, 5.41) is 17.2. The Balaban J connectivity index is 2.26. The zero-order chi connectivity index (χ0) is 8.10. The molecule has 0 bridgehead atoms. The van der Waals surface area contributed by atoms with Gasteiger partial charge in [0.15, 0.2) is 0 Å². The lowest BCUT2D eigenvalue weighted by atomic mass is 9.83. The lowest BCUT2D eigenvalue weighted by Gasteiger charge is -2.12. The van der Waals surface area contributed by atoms with Crippen molar-refractivity contribution < 1.29 is 10.0 Å². The van der Waals surface area contributed by atoms with E-state index in [1.807, 2.05) is 6.08 Å². The van der Waals surface area contributed by atoms with E-state index >= 15 is 0 Å². The number of rotatable bonds is 2. The zero-order valence-electron chi connectivity index (χ0n) is 6.79. The first-order valence-electron chi connectivity index (χ1n) is 4.33. The molecule has 62 valence electrons. The summed E-state index contributed by atoms with van der Waals surface area (Å²) in [6, 6.07) is 0. The van der Waals surface area contributed by atoms with Crippen LogP contribution in [0.2, 0.25) is 6.32 Å². The third-order valence-electron chi connectivity index (χ3n) is 2.11. The maximum Gasteiger partial charge on any atom is 0.455 e. The highest BCUT2D eigenvalue weighted by Crippen LogP contribution is 2.22. The molecule has 0 spiro atoms. The van der Waals surface area contributed by atoms with Crippen LogP contribution in [0.5, 0.6) is 0 Å². The van der Waals surface area contributed by atoms with E-state index in [0.29, 0.717) is 6.32 Å². The molecule has 1 rings (SSSR count). The van der Waals surface area contributed by atoms with Crippen LogP contribution in [0, 0.1) is 0 Å². The predicted molar refractivity (Wildman–Crippen MR) is 46.2 cm³/mol. The molecule has 1 saturated carbocycles. The van der Waals surface area contributed by atoms with Gasteiger partial charge in [0.05, 0.1) is 0 Å². The van der Waals surface area contributed by atoms with Gasteiger partial charge in [-0.1, -0.05) is 18.1 Å². The number of hydrogen-bond acceptors (Lipinski definition) is 2. The highest BCUT2D eigenvalue weighted by Gasteiger charge is 2.07. The summed E-state index contributed by atoms with van der Waals surface area (Å²) in [6.45, 7) is 0. The largest absolute Gasteiger partial charge is 0.455 e. The minimum absolute atomic E-state index is 0.398. The normalized spacial score (nSPS) is 18.2. The molecule has 0 radical (unpaired) electrons. The first-order chi connectivity index (χ1) is 5.29. The van der Waals surface area contributed by atoms with Crippen molar-refractivity contribution in [2.24, 2.45) is 0 Å². The zero-order valence-corrected chi connectivity index (χ0v) is 6.79. The molecule has 1 aliphatic rings. The fourth-order valence-corrected chi connectivity index (χ4v) is 1.48. The average Bonchev–Trinajstić information content (AvgIpc) is 2.03. The van der Waals surface area contributed by atoms with Crippen LogP contribution < -0.4 is 0 Å². The molecule has 0 aromatic rings. The van der Waals surface area contributed by atoms with Crippen LogP contribution in [0.3, 0.4) is 0 Å². The molecule has 1 aliphatic carbocycles. The molecule has 11 heavy (non-hydrogen) atoms. The Labute approximate surface area is 68.1 Å². The lowest BCUT2D eigenvalue weighted by molar-refractivity contribution is 0.410. The van der Waals surface area contributed by atoms with Gasteiger partial charge >= 0.3 is 7.12 Å². The molecule has 0 amide bonds. The summed E-state index contributed by atoms with van der Waals surface area (Å²) in [7, 11) is -1.16. The van der Waals surface area contributed by atoms with Crippen molar-refractivity contribution in [1.82, 2.24) is 0 Å². The van der Waals surface area contributed by atoms with Crippen LogP contribution in [0.25, 0.3) is 0 Å². The van der Waals surface area contributed by atoms with Gasteiger partial charge in [-0.15, -0.1) is 0 Å². The summed E-state index contributed by atoms with van der Waals surface area (Å²) in [5.41, 5.74) is 1.41. The summed E-state index contributed by atoms with van der Waals surface area (Å²) in [5.74, 6) is 0. The van der Waals surface area contributed by atoms with E-state index in [2.05, 4.69) is 0 Å². The van der Waals surface area contributed by atoms with Crippen LogP contribution in [0.15, 0.2) is 11.6 Å². The monoisotopic (exact) mass is 154 g/mol. The van der Waals surface area contributed by atoms with Crippen LogP contribution in [-0.2, 0) is 0 Å². The van der Waals surface area contributed by atoms with E-state index < -0.39 is 7.12 Å². The van der Waals surface area contributed by atoms with E-state index in [-0.39, 0.29) is 0 Å². The summed E-state index contributed by atoms with van der Waals surface area (Å²) < 4.78 is 0. The predicted octanol–water partition coefficient (Wildman–Crippen LogP) is 1.35. The Hall–Kier alpha value is -0.275. The molecular weight excluding hydrogens is 139 g/mol. The molecule has 3 heteroatoms. The van der Waals surface area contributed by atoms with Crippen molar-refractivity contribution in [3.05, 3.63) is 11.6 Å². The second-order valence-electron chi connectivity index (χ2n) is 3.14. The number of hydrogen-bond donors (Lipinski definition) is 2. The van der Waals surface area contributed by atoms with Crippen LogP contribution >= 0.6 is 0 Å². The second-order valence-corrected chi connectivity index (χ2v) is 3.14. The van der Waals surface area contributed by atoms with E-state index in [9.17, 15) is 0 Å². The quantitative estimate of drug-likeness (QED) is 0.465. The van der Waals surface area contributed by atoms with Gasteiger partial charge in [0.25, 0.3) is 0 Å². The molecule has 0 aromatic carbocycles. The summed E-state index contributed by atoms with van der Waals surface area (Å²) in [6.07, 6.45) is 8.57. The van der Waals surface area contributed by atoms with Crippen LogP contribution in [0.1, 0.15) is 32.1 Å². The van der Waals surface area contributed by atoms with Crippen molar-refractivity contribution in [2.45, 2.75) is 38.4 Å². The van der Waals surface area contributed by atoms with Crippen molar-refractivity contribution in [3.63, 3.8) is 0 Å². The second kappa shape index (κ2) is 4.57. The van der Waals surface area contributed by atoms with Gasteiger partial charge in [-0.25, -0.2) is 0 Å². The van der Waals surface area contributed by atoms with Crippen LogP contribution in [0.4, 0.5) is 0 Å². The molecule has 0 heterocycles.